The minimum atomic E-state index is -0.296. The molecule has 1 aliphatic rings. The van der Waals surface area contributed by atoms with Gasteiger partial charge in [-0.05, 0) is 22.6 Å². The third kappa shape index (κ3) is 1.60. The second-order valence-electron chi connectivity index (χ2n) is 5.35. The minimum absolute atomic E-state index is 0.0417. The number of carbonyl (C=O) groups is 1. The SMILES string of the molecule is CN1C(=O)Cc2cc(C(C)(C)C)cc(F)c21. The number of anilines is 1. The highest BCUT2D eigenvalue weighted by atomic mass is 19.1. The molecule has 0 saturated heterocycles. The average molecular weight is 221 g/mol. The summed E-state index contributed by atoms with van der Waals surface area (Å²) >= 11 is 0. The lowest BCUT2D eigenvalue weighted by molar-refractivity contribution is -0.117. The Bertz CT molecular complexity index is 460. The van der Waals surface area contributed by atoms with Crippen molar-refractivity contribution in [1.82, 2.24) is 0 Å². The number of benzene rings is 1. The number of amides is 1. The van der Waals surface area contributed by atoms with Crippen LogP contribution in [0.4, 0.5) is 10.1 Å². The van der Waals surface area contributed by atoms with Crippen molar-refractivity contribution in [2.75, 3.05) is 11.9 Å². The second-order valence-corrected chi connectivity index (χ2v) is 5.35. The van der Waals surface area contributed by atoms with E-state index in [1.54, 1.807) is 7.05 Å². The van der Waals surface area contributed by atoms with E-state index in [1.165, 1.54) is 11.0 Å². The first-order chi connectivity index (χ1) is 7.30. The van der Waals surface area contributed by atoms with Gasteiger partial charge in [-0.2, -0.15) is 0 Å². The molecule has 1 aromatic rings. The summed E-state index contributed by atoms with van der Waals surface area (Å²) in [6.07, 6.45) is 0.312. The molecule has 2 nitrogen and oxygen atoms in total. The van der Waals surface area contributed by atoms with Crippen LogP contribution in [0.1, 0.15) is 31.9 Å². The second kappa shape index (κ2) is 3.30. The van der Waals surface area contributed by atoms with Crippen LogP contribution in [0.5, 0.6) is 0 Å². The van der Waals surface area contributed by atoms with Crippen LogP contribution < -0.4 is 4.90 Å². The molecule has 0 unspecified atom stereocenters. The van der Waals surface area contributed by atoms with Crippen molar-refractivity contribution in [1.29, 1.82) is 0 Å². The molecule has 0 spiro atoms. The number of halogens is 1. The van der Waals surface area contributed by atoms with Gasteiger partial charge in [0.15, 0.2) is 0 Å². The molecule has 0 aromatic heterocycles. The summed E-state index contributed by atoms with van der Waals surface area (Å²) in [6, 6.07) is 3.48. The molecule has 1 aromatic carbocycles. The van der Waals surface area contributed by atoms with E-state index in [0.717, 1.165) is 11.1 Å². The summed E-state index contributed by atoms with van der Waals surface area (Å²) in [7, 11) is 1.62. The van der Waals surface area contributed by atoms with Gasteiger partial charge < -0.3 is 4.90 Å². The summed E-state index contributed by atoms with van der Waals surface area (Å²) < 4.78 is 13.9. The Morgan fingerprint density at radius 3 is 2.50 bits per heavy atom. The molecule has 2 rings (SSSR count). The van der Waals surface area contributed by atoms with Gasteiger partial charge in [0.05, 0.1) is 12.1 Å². The molecule has 0 saturated carbocycles. The van der Waals surface area contributed by atoms with Crippen LogP contribution >= 0.6 is 0 Å². The number of fused-ring (bicyclic) bond motifs is 1. The number of rotatable bonds is 0. The first-order valence-electron chi connectivity index (χ1n) is 5.40. The first-order valence-corrected chi connectivity index (χ1v) is 5.40. The van der Waals surface area contributed by atoms with Crippen molar-refractivity contribution >= 4 is 11.6 Å². The Labute approximate surface area is 95.1 Å². The predicted molar refractivity (Wildman–Crippen MR) is 62.2 cm³/mol. The van der Waals surface area contributed by atoms with Crippen LogP contribution in [0.15, 0.2) is 12.1 Å². The van der Waals surface area contributed by atoms with Gasteiger partial charge in [-0.1, -0.05) is 26.8 Å². The largest absolute Gasteiger partial charge is 0.312 e. The van der Waals surface area contributed by atoms with Crippen LogP contribution in [0.25, 0.3) is 0 Å². The van der Waals surface area contributed by atoms with E-state index in [9.17, 15) is 9.18 Å². The Hall–Kier alpha value is -1.38. The van der Waals surface area contributed by atoms with Crippen molar-refractivity contribution in [3.05, 3.63) is 29.1 Å². The zero-order chi connectivity index (χ0) is 12.1. The monoisotopic (exact) mass is 221 g/mol. The average Bonchev–Trinajstić information content (AvgIpc) is 2.41. The van der Waals surface area contributed by atoms with Crippen molar-refractivity contribution in [3.63, 3.8) is 0 Å². The molecular formula is C13H16FNO. The first kappa shape index (κ1) is 11.1. The Morgan fingerprint density at radius 1 is 1.31 bits per heavy atom. The molecule has 16 heavy (non-hydrogen) atoms. The van der Waals surface area contributed by atoms with Crippen LogP contribution in [-0.4, -0.2) is 13.0 Å². The third-order valence-corrected chi connectivity index (χ3v) is 3.06. The molecule has 0 fully saturated rings. The standard InChI is InChI=1S/C13H16FNO/c1-13(2,3)9-5-8-6-11(16)15(4)12(8)10(14)7-9/h5,7H,6H2,1-4H3. The summed E-state index contributed by atoms with van der Waals surface area (Å²) in [5.41, 5.74) is 2.09. The molecule has 0 radical (unpaired) electrons. The fourth-order valence-electron chi connectivity index (χ4n) is 2.01. The highest BCUT2D eigenvalue weighted by molar-refractivity contribution is 6.01. The normalized spacial score (nSPS) is 15.6. The van der Waals surface area contributed by atoms with E-state index in [4.69, 9.17) is 0 Å². The van der Waals surface area contributed by atoms with Gasteiger partial charge in [0.2, 0.25) is 5.91 Å². The van der Waals surface area contributed by atoms with Gasteiger partial charge in [-0.25, -0.2) is 4.39 Å². The van der Waals surface area contributed by atoms with Gasteiger partial charge in [-0.15, -0.1) is 0 Å². The zero-order valence-electron chi connectivity index (χ0n) is 10.1. The fraction of sp³-hybridized carbons (Fsp3) is 0.462. The quantitative estimate of drug-likeness (QED) is 0.659. The molecule has 1 aliphatic heterocycles. The summed E-state index contributed by atoms with van der Waals surface area (Å²) in [4.78, 5) is 12.9. The van der Waals surface area contributed by atoms with Crippen molar-refractivity contribution in [3.8, 4) is 0 Å². The highest BCUT2D eigenvalue weighted by Gasteiger charge is 2.29. The number of carbonyl (C=O) groups excluding carboxylic acids is 1. The van der Waals surface area contributed by atoms with E-state index in [0.29, 0.717) is 12.1 Å². The minimum Gasteiger partial charge on any atom is -0.312 e. The van der Waals surface area contributed by atoms with E-state index < -0.39 is 0 Å². The maximum atomic E-state index is 13.9. The molecule has 86 valence electrons. The molecular weight excluding hydrogens is 205 g/mol. The number of nitrogens with zero attached hydrogens (tertiary/aromatic N) is 1. The number of hydrogen-bond donors (Lipinski definition) is 0. The van der Waals surface area contributed by atoms with Crippen LogP contribution in [-0.2, 0) is 16.6 Å². The molecule has 0 aliphatic carbocycles. The van der Waals surface area contributed by atoms with Crippen molar-refractivity contribution < 1.29 is 9.18 Å². The van der Waals surface area contributed by atoms with Crippen molar-refractivity contribution in [2.24, 2.45) is 0 Å². The van der Waals surface area contributed by atoms with E-state index in [1.807, 2.05) is 26.8 Å². The van der Waals surface area contributed by atoms with Crippen LogP contribution in [0.3, 0.4) is 0 Å². The summed E-state index contributed by atoms with van der Waals surface area (Å²) in [6.45, 7) is 6.11. The summed E-state index contributed by atoms with van der Waals surface area (Å²) in [5, 5.41) is 0. The molecule has 1 heterocycles. The van der Waals surface area contributed by atoms with Crippen LogP contribution in [0.2, 0.25) is 0 Å². The van der Waals surface area contributed by atoms with Crippen molar-refractivity contribution in [2.45, 2.75) is 32.6 Å². The molecule has 1 amide bonds. The van der Waals surface area contributed by atoms with Gasteiger partial charge in [0, 0.05) is 7.05 Å². The lowest BCUT2D eigenvalue weighted by Gasteiger charge is -2.21. The fourth-order valence-corrected chi connectivity index (χ4v) is 2.01. The highest BCUT2D eigenvalue weighted by Crippen LogP contribution is 2.35. The van der Waals surface area contributed by atoms with Gasteiger partial charge in [0.1, 0.15) is 5.82 Å². The van der Waals surface area contributed by atoms with E-state index in [-0.39, 0.29) is 17.1 Å². The van der Waals surface area contributed by atoms with E-state index in [2.05, 4.69) is 0 Å². The van der Waals surface area contributed by atoms with Gasteiger partial charge in [-0.3, -0.25) is 4.79 Å². The number of likely N-dealkylation sites (N-methyl/N-ethyl adjacent to an activating group) is 1. The summed E-state index contributed by atoms with van der Waals surface area (Å²) in [5.74, 6) is -0.337. The van der Waals surface area contributed by atoms with Gasteiger partial charge >= 0.3 is 0 Å². The smallest absolute Gasteiger partial charge is 0.231 e. The molecule has 3 heteroatoms. The predicted octanol–water partition coefficient (Wildman–Crippen LogP) is 2.64. The number of hydrogen-bond acceptors (Lipinski definition) is 1. The Morgan fingerprint density at radius 2 is 1.94 bits per heavy atom. The molecule has 0 atom stereocenters. The lowest BCUT2D eigenvalue weighted by atomic mass is 9.85. The third-order valence-electron chi connectivity index (χ3n) is 3.06. The lowest BCUT2D eigenvalue weighted by Crippen LogP contribution is -2.21. The molecule has 0 N–H and O–H groups in total. The Balaban J connectivity index is 2.58. The molecule has 0 bridgehead atoms. The van der Waals surface area contributed by atoms with Crippen LogP contribution in [0, 0.1) is 5.82 Å². The zero-order valence-corrected chi connectivity index (χ0v) is 10.1. The Kier molecular flexibility index (Phi) is 2.30. The maximum absolute atomic E-state index is 13.9. The topological polar surface area (TPSA) is 20.3 Å². The van der Waals surface area contributed by atoms with Gasteiger partial charge in [0.25, 0.3) is 0 Å². The maximum Gasteiger partial charge on any atom is 0.231 e. The van der Waals surface area contributed by atoms with E-state index >= 15 is 0 Å².